The number of nitrogens with zero attached hydrogens (tertiary/aromatic N) is 3. The summed E-state index contributed by atoms with van der Waals surface area (Å²) < 4.78 is 5.63. The Labute approximate surface area is 270 Å². The lowest BCUT2D eigenvalue weighted by atomic mass is 9.85. The Bertz CT molecular complexity index is 1570. The number of aryl methyl sites for hydroxylation is 2. The number of benzene rings is 2. The van der Waals surface area contributed by atoms with Crippen molar-refractivity contribution in [2.24, 2.45) is 5.41 Å². The fourth-order valence-corrected chi connectivity index (χ4v) is 5.97. The number of anilines is 3. The summed E-state index contributed by atoms with van der Waals surface area (Å²) in [6.07, 6.45) is 6.04. The molecule has 1 aliphatic heterocycles. The van der Waals surface area contributed by atoms with Gasteiger partial charge in [-0.05, 0) is 80.8 Å². The zero-order valence-electron chi connectivity index (χ0n) is 26.8. The molecular formula is C33H44ClN7O4. The lowest BCUT2D eigenvalue weighted by Gasteiger charge is -2.36. The van der Waals surface area contributed by atoms with Crippen molar-refractivity contribution in [1.29, 1.82) is 0 Å². The van der Waals surface area contributed by atoms with Crippen molar-refractivity contribution in [1.82, 2.24) is 25.5 Å². The van der Waals surface area contributed by atoms with Crippen LogP contribution in [-0.4, -0.2) is 71.4 Å². The number of likely N-dealkylation sites (N-methyl/N-ethyl adjacent to an activating group) is 1. The lowest BCUT2D eigenvalue weighted by Crippen LogP contribution is -2.59. The Hall–Kier alpha value is -3.96. The topological polar surface area (TPSA) is 138 Å². The van der Waals surface area contributed by atoms with Crippen molar-refractivity contribution < 1.29 is 19.1 Å². The van der Waals surface area contributed by atoms with E-state index in [1.807, 2.05) is 20.8 Å². The number of carbonyl (C=O) groups is 3. The molecule has 1 saturated heterocycles. The number of hydrogen-bond acceptors (Lipinski definition) is 8. The van der Waals surface area contributed by atoms with Gasteiger partial charge in [-0.25, -0.2) is 9.97 Å². The summed E-state index contributed by atoms with van der Waals surface area (Å²) in [5, 5.41) is 13.0. The fraction of sp³-hybridized carbons (Fsp3) is 0.485. The molecule has 2 aromatic carbocycles. The molecule has 4 N–H and O–H groups in total. The normalized spacial score (nSPS) is 17.2. The van der Waals surface area contributed by atoms with Crippen LogP contribution in [0.5, 0.6) is 5.75 Å². The summed E-state index contributed by atoms with van der Waals surface area (Å²) in [6, 6.07) is 8.02. The highest BCUT2D eigenvalue weighted by Gasteiger charge is 2.42. The van der Waals surface area contributed by atoms with Crippen LogP contribution < -0.4 is 26.0 Å². The zero-order chi connectivity index (χ0) is 31.6. The van der Waals surface area contributed by atoms with Gasteiger partial charge in [0.05, 0.1) is 24.4 Å². The van der Waals surface area contributed by atoms with Crippen molar-refractivity contribution in [2.45, 2.75) is 77.9 Å². The van der Waals surface area contributed by atoms with Crippen molar-refractivity contribution in [3.63, 3.8) is 0 Å². The molecule has 11 nitrogen and oxygen atoms in total. The SMILES string of the molecule is CNC(C)C(=O)NC(C(=O)N1CCCC1C(=O)Nc1cc2c(Nc3ccc4c(c3)CCC4)ncnc2cc1OC)C(C)(C)C.Cl. The first-order chi connectivity index (χ1) is 21.0. The fourth-order valence-electron chi connectivity index (χ4n) is 5.97. The van der Waals surface area contributed by atoms with Crippen molar-refractivity contribution in [2.75, 3.05) is 31.3 Å². The minimum absolute atomic E-state index is 0. The molecule has 242 valence electrons. The Kier molecular flexibility index (Phi) is 10.5. The second-order valence-corrected chi connectivity index (χ2v) is 12.8. The van der Waals surface area contributed by atoms with E-state index in [1.54, 1.807) is 31.0 Å². The molecule has 5 rings (SSSR count). The van der Waals surface area contributed by atoms with Gasteiger partial charge in [0.15, 0.2) is 0 Å². The van der Waals surface area contributed by atoms with Crippen LogP contribution in [0.3, 0.4) is 0 Å². The second kappa shape index (κ2) is 14.0. The Morgan fingerprint density at radius 3 is 2.51 bits per heavy atom. The summed E-state index contributed by atoms with van der Waals surface area (Å²) in [4.78, 5) is 50.9. The van der Waals surface area contributed by atoms with E-state index in [1.165, 1.54) is 31.0 Å². The number of ether oxygens (including phenoxy) is 1. The third-order valence-electron chi connectivity index (χ3n) is 8.64. The van der Waals surface area contributed by atoms with Crippen LogP contribution >= 0.6 is 12.4 Å². The summed E-state index contributed by atoms with van der Waals surface area (Å²) in [6.45, 7) is 7.88. The van der Waals surface area contributed by atoms with E-state index in [4.69, 9.17) is 4.74 Å². The lowest BCUT2D eigenvalue weighted by molar-refractivity contribution is -0.143. The molecule has 0 bridgehead atoms. The first-order valence-electron chi connectivity index (χ1n) is 15.3. The van der Waals surface area contributed by atoms with Gasteiger partial charge in [-0.15, -0.1) is 12.4 Å². The van der Waals surface area contributed by atoms with Gasteiger partial charge in [-0.3, -0.25) is 14.4 Å². The van der Waals surface area contributed by atoms with Crippen LogP contribution in [0.25, 0.3) is 10.9 Å². The van der Waals surface area contributed by atoms with Crippen LogP contribution in [0.2, 0.25) is 0 Å². The van der Waals surface area contributed by atoms with Crippen molar-refractivity contribution in [3.8, 4) is 5.75 Å². The number of amides is 3. The highest BCUT2D eigenvalue weighted by molar-refractivity contribution is 6.03. The summed E-state index contributed by atoms with van der Waals surface area (Å²) in [7, 11) is 3.23. The number of rotatable bonds is 9. The predicted octanol–water partition coefficient (Wildman–Crippen LogP) is 4.36. The van der Waals surface area contributed by atoms with E-state index in [0.717, 1.165) is 23.9 Å². The largest absolute Gasteiger partial charge is 0.494 e. The predicted molar refractivity (Wildman–Crippen MR) is 178 cm³/mol. The van der Waals surface area contributed by atoms with E-state index in [2.05, 4.69) is 49.4 Å². The average molecular weight is 638 g/mol. The zero-order valence-corrected chi connectivity index (χ0v) is 27.6. The van der Waals surface area contributed by atoms with Crippen molar-refractivity contribution >= 4 is 58.2 Å². The van der Waals surface area contributed by atoms with Crippen LogP contribution in [0.4, 0.5) is 17.2 Å². The van der Waals surface area contributed by atoms with E-state index in [-0.39, 0.29) is 30.1 Å². The molecule has 0 spiro atoms. The molecule has 45 heavy (non-hydrogen) atoms. The molecule has 1 fully saturated rings. The van der Waals surface area contributed by atoms with Crippen molar-refractivity contribution in [3.05, 3.63) is 47.8 Å². The van der Waals surface area contributed by atoms with E-state index >= 15 is 0 Å². The molecule has 3 unspecified atom stereocenters. The van der Waals surface area contributed by atoms with E-state index in [9.17, 15) is 14.4 Å². The number of hydrogen-bond donors (Lipinski definition) is 4. The molecule has 3 amide bonds. The molecule has 3 atom stereocenters. The monoisotopic (exact) mass is 637 g/mol. The second-order valence-electron chi connectivity index (χ2n) is 12.8. The van der Waals surface area contributed by atoms with Gasteiger partial charge in [0.1, 0.15) is 30.0 Å². The van der Waals surface area contributed by atoms with Crippen LogP contribution in [-0.2, 0) is 27.2 Å². The summed E-state index contributed by atoms with van der Waals surface area (Å²) >= 11 is 0. The molecule has 2 heterocycles. The number of nitrogens with one attached hydrogen (secondary N) is 4. The van der Waals surface area contributed by atoms with Gasteiger partial charge in [0, 0.05) is 23.7 Å². The molecule has 0 saturated carbocycles. The minimum atomic E-state index is -0.792. The third kappa shape index (κ3) is 7.31. The molecule has 1 aromatic heterocycles. The molecule has 1 aliphatic carbocycles. The highest BCUT2D eigenvalue weighted by atomic mass is 35.5. The maximum atomic E-state index is 13.9. The Balaban J connectivity index is 0.00000461. The smallest absolute Gasteiger partial charge is 0.247 e. The molecule has 3 aromatic rings. The number of aromatic nitrogens is 2. The first kappa shape index (κ1) is 33.9. The molecule has 2 aliphatic rings. The molecular weight excluding hydrogens is 594 g/mol. The van der Waals surface area contributed by atoms with Gasteiger partial charge >= 0.3 is 0 Å². The maximum absolute atomic E-state index is 13.9. The quantitative estimate of drug-likeness (QED) is 0.272. The maximum Gasteiger partial charge on any atom is 0.247 e. The van der Waals surface area contributed by atoms with Crippen LogP contribution in [0.1, 0.15) is 58.1 Å². The number of carbonyl (C=O) groups excluding carboxylic acids is 3. The Morgan fingerprint density at radius 1 is 1.04 bits per heavy atom. The summed E-state index contributed by atoms with van der Waals surface area (Å²) in [5.74, 6) is 0.203. The first-order valence-corrected chi connectivity index (χ1v) is 15.3. The van der Waals surface area contributed by atoms with Gasteiger partial charge in [-0.1, -0.05) is 26.8 Å². The van der Waals surface area contributed by atoms with Gasteiger partial charge in [-0.2, -0.15) is 0 Å². The third-order valence-corrected chi connectivity index (χ3v) is 8.64. The number of methoxy groups -OCH3 is 1. The van der Waals surface area contributed by atoms with Crippen LogP contribution in [0.15, 0.2) is 36.7 Å². The molecule has 12 heteroatoms. The van der Waals surface area contributed by atoms with Gasteiger partial charge in [0.25, 0.3) is 0 Å². The van der Waals surface area contributed by atoms with Gasteiger partial charge in [0.2, 0.25) is 17.7 Å². The Morgan fingerprint density at radius 2 is 1.80 bits per heavy atom. The van der Waals surface area contributed by atoms with E-state index in [0.29, 0.717) is 42.2 Å². The number of halogens is 1. The average Bonchev–Trinajstić information content (AvgIpc) is 3.68. The minimum Gasteiger partial charge on any atom is -0.494 e. The number of fused-ring (bicyclic) bond motifs is 2. The van der Waals surface area contributed by atoms with Crippen LogP contribution in [0, 0.1) is 5.41 Å². The van der Waals surface area contributed by atoms with Gasteiger partial charge < -0.3 is 30.9 Å². The standard InChI is InChI=1S/C33H43N7O4.ClH/c1-19(34-5)30(41)39-28(33(2,3)4)32(43)40-14-8-11-26(40)31(42)38-25-16-23-24(17-27(25)44-6)35-18-36-29(23)37-22-13-12-20-9-7-10-21(20)15-22;/h12-13,15-19,26,28,34H,7-11,14H2,1-6H3,(H,38,42)(H,39,41)(H,35,36,37);1H. The highest BCUT2D eigenvalue weighted by Crippen LogP contribution is 2.35. The van der Waals surface area contributed by atoms with E-state index < -0.39 is 23.5 Å². The number of likely N-dealkylation sites (tertiary alicyclic amines) is 1. The molecule has 0 radical (unpaired) electrons. The summed E-state index contributed by atoms with van der Waals surface area (Å²) in [5.41, 5.74) is 4.24.